The summed E-state index contributed by atoms with van der Waals surface area (Å²) in [5, 5.41) is 11.5. The Morgan fingerprint density at radius 3 is 2.43 bits per heavy atom. The van der Waals surface area contributed by atoms with E-state index >= 15 is 0 Å². The van der Waals surface area contributed by atoms with Crippen LogP contribution in [0.4, 0.5) is 13.2 Å². The maximum absolute atomic E-state index is 12.1. The van der Waals surface area contributed by atoms with Crippen molar-refractivity contribution in [2.45, 2.75) is 13.3 Å². The predicted molar refractivity (Wildman–Crippen MR) is 67.8 cm³/mol. The molecular formula is C13H9ClF3LiO5. The minimum atomic E-state index is -4.96. The SMILES string of the molecule is CCOC(=O)C(=O)C=C([O-])c1cc(Cl)cc(OC(F)(F)F)c1.[Li+]. The van der Waals surface area contributed by atoms with E-state index in [1.165, 1.54) is 6.92 Å². The van der Waals surface area contributed by atoms with Crippen LogP contribution in [0.1, 0.15) is 12.5 Å². The summed E-state index contributed by atoms with van der Waals surface area (Å²) in [5.74, 6) is -4.21. The molecule has 0 saturated carbocycles. The maximum Gasteiger partial charge on any atom is 1.00 e. The minimum Gasteiger partial charge on any atom is -0.872 e. The van der Waals surface area contributed by atoms with Gasteiger partial charge in [-0.2, -0.15) is 0 Å². The van der Waals surface area contributed by atoms with E-state index in [4.69, 9.17) is 11.6 Å². The van der Waals surface area contributed by atoms with Gasteiger partial charge < -0.3 is 14.6 Å². The van der Waals surface area contributed by atoms with E-state index in [2.05, 4.69) is 9.47 Å². The van der Waals surface area contributed by atoms with Crippen molar-refractivity contribution in [2.75, 3.05) is 6.61 Å². The van der Waals surface area contributed by atoms with Crippen LogP contribution in [0.2, 0.25) is 5.02 Å². The Morgan fingerprint density at radius 1 is 1.30 bits per heavy atom. The van der Waals surface area contributed by atoms with Crippen molar-refractivity contribution in [1.82, 2.24) is 0 Å². The molecule has 0 atom stereocenters. The fourth-order valence-electron chi connectivity index (χ4n) is 1.36. The molecule has 0 fully saturated rings. The van der Waals surface area contributed by atoms with Gasteiger partial charge in [-0.15, -0.1) is 13.2 Å². The van der Waals surface area contributed by atoms with Crippen LogP contribution in [0.5, 0.6) is 5.75 Å². The van der Waals surface area contributed by atoms with Crippen LogP contribution in [0.15, 0.2) is 24.3 Å². The van der Waals surface area contributed by atoms with Gasteiger partial charge in [-0.1, -0.05) is 17.4 Å². The first kappa shape index (κ1) is 21.4. The number of ether oxygens (including phenoxy) is 2. The van der Waals surface area contributed by atoms with E-state index in [9.17, 15) is 27.9 Å². The minimum absolute atomic E-state index is 0. The number of esters is 1. The van der Waals surface area contributed by atoms with Crippen LogP contribution in [-0.2, 0) is 14.3 Å². The number of halogens is 4. The van der Waals surface area contributed by atoms with Crippen LogP contribution in [-0.4, -0.2) is 24.7 Å². The molecule has 1 aromatic carbocycles. The molecule has 0 heterocycles. The number of carbonyl (C=O) groups excluding carboxylic acids is 2. The topological polar surface area (TPSA) is 75.7 Å². The molecule has 1 aromatic rings. The summed E-state index contributed by atoms with van der Waals surface area (Å²) in [4.78, 5) is 22.4. The molecule has 5 nitrogen and oxygen atoms in total. The molecule has 0 unspecified atom stereocenters. The van der Waals surface area contributed by atoms with E-state index in [-0.39, 0.29) is 36.1 Å². The zero-order chi connectivity index (χ0) is 16.9. The molecule has 0 aliphatic carbocycles. The van der Waals surface area contributed by atoms with Crippen LogP contribution >= 0.6 is 11.6 Å². The van der Waals surface area contributed by atoms with Gasteiger partial charge in [0.1, 0.15) is 5.75 Å². The van der Waals surface area contributed by atoms with Gasteiger partial charge in [-0.05, 0) is 36.8 Å². The Kier molecular flexibility index (Phi) is 8.24. The van der Waals surface area contributed by atoms with Crippen molar-refractivity contribution in [3.63, 3.8) is 0 Å². The van der Waals surface area contributed by atoms with Crippen molar-refractivity contribution in [3.05, 3.63) is 34.9 Å². The molecule has 0 radical (unpaired) electrons. The molecule has 0 aliphatic rings. The van der Waals surface area contributed by atoms with Gasteiger partial charge in [-0.25, -0.2) is 4.79 Å². The normalized spacial score (nSPS) is 11.4. The number of benzene rings is 1. The second-order valence-corrected chi connectivity index (χ2v) is 4.25. The quantitative estimate of drug-likeness (QED) is 0.227. The van der Waals surface area contributed by atoms with E-state index < -0.39 is 29.6 Å². The average Bonchev–Trinajstić information content (AvgIpc) is 2.35. The zero-order valence-electron chi connectivity index (χ0n) is 12.1. The molecule has 0 N–H and O–H groups in total. The maximum atomic E-state index is 12.1. The number of hydrogen-bond acceptors (Lipinski definition) is 5. The average molecular weight is 345 g/mol. The van der Waals surface area contributed by atoms with Crippen LogP contribution < -0.4 is 28.7 Å². The molecule has 10 heteroatoms. The van der Waals surface area contributed by atoms with Crippen molar-refractivity contribution < 1.29 is 56.2 Å². The number of rotatable bonds is 5. The Labute approximate surface area is 146 Å². The monoisotopic (exact) mass is 344 g/mol. The third-order valence-electron chi connectivity index (χ3n) is 2.13. The van der Waals surface area contributed by atoms with Gasteiger partial charge in [0.15, 0.2) is 0 Å². The first-order chi connectivity index (χ1) is 10.1. The molecule has 0 aromatic heterocycles. The summed E-state index contributed by atoms with van der Waals surface area (Å²) < 4.78 is 44.4. The fourth-order valence-corrected chi connectivity index (χ4v) is 1.59. The summed E-state index contributed by atoms with van der Waals surface area (Å²) >= 11 is 5.58. The Hall–Kier alpha value is -1.62. The van der Waals surface area contributed by atoms with Crippen molar-refractivity contribution in [3.8, 4) is 5.75 Å². The molecule has 0 aliphatic heterocycles. The molecule has 0 bridgehead atoms. The van der Waals surface area contributed by atoms with Crippen molar-refractivity contribution in [1.29, 1.82) is 0 Å². The van der Waals surface area contributed by atoms with Gasteiger partial charge in [0.25, 0.3) is 5.78 Å². The van der Waals surface area contributed by atoms with Crippen molar-refractivity contribution >= 4 is 29.1 Å². The second kappa shape index (κ2) is 8.87. The smallest absolute Gasteiger partial charge is 0.872 e. The first-order valence-electron chi connectivity index (χ1n) is 5.79. The molecule has 1 rings (SSSR count). The third-order valence-corrected chi connectivity index (χ3v) is 2.35. The van der Waals surface area contributed by atoms with Gasteiger partial charge in [0.05, 0.1) is 6.61 Å². The number of hydrogen-bond donors (Lipinski definition) is 0. The largest absolute Gasteiger partial charge is 1.00 e. The summed E-state index contributed by atoms with van der Waals surface area (Å²) in [7, 11) is 0. The molecule has 0 spiro atoms. The van der Waals surface area contributed by atoms with Gasteiger partial charge in [0, 0.05) is 5.02 Å². The van der Waals surface area contributed by atoms with Crippen LogP contribution in [0.3, 0.4) is 0 Å². The zero-order valence-corrected chi connectivity index (χ0v) is 12.8. The van der Waals surface area contributed by atoms with E-state index in [0.29, 0.717) is 6.08 Å². The second-order valence-electron chi connectivity index (χ2n) is 3.82. The standard InChI is InChI=1S/C13H10ClF3O5.Li/c1-2-21-12(20)11(19)6-10(18)7-3-8(14)5-9(4-7)22-13(15,16)17;/h3-6,18H,2H2,1H3;/q;+1/p-1. The summed E-state index contributed by atoms with van der Waals surface area (Å²) in [6.45, 7) is 1.40. The Morgan fingerprint density at radius 2 is 1.91 bits per heavy atom. The summed E-state index contributed by atoms with van der Waals surface area (Å²) in [6.07, 6.45) is -4.56. The number of alkyl halides is 3. The fraction of sp³-hybridized carbons (Fsp3) is 0.231. The molecule has 120 valence electrons. The van der Waals surface area contributed by atoms with E-state index in [0.717, 1.165) is 18.2 Å². The van der Waals surface area contributed by atoms with E-state index in [1.807, 2.05) is 0 Å². The molecule has 23 heavy (non-hydrogen) atoms. The number of carbonyl (C=O) groups is 2. The Bertz CT molecular complexity index is 616. The molecule has 0 saturated heterocycles. The van der Waals surface area contributed by atoms with Crippen LogP contribution in [0, 0.1) is 0 Å². The Balaban J connectivity index is 0.00000484. The summed E-state index contributed by atoms with van der Waals surface area (Å²) in [6, 6.07) is 2.62. The van der Waals surface area contributed by atoms with Gasteiger partial charge in [0.2, 0.25) is 0 Å². The predicted octanol–water partition coefficient (Wildman–Crippen LogP) is -0.924. The summed E-state index contributed by atoms with van der Waals surface area (Å²) in [5.41, 5.74) is -0.343. The van der Waals surface area contributed by atoms with E-state index in [1.54, 1.807) is 0 Å². The van der Waals surface area contributed by atoms with Crippen molar-refractivity contribution in [2.24, 2.45) is 0 Å². The van der Waals surface area contributed by atoms with Gasteiger partial charge >= 0.3 is 31.2 Å². The molecule has 0 amide bonds. The third kappa shape index (κ3) is 7.46. The van der Waals surface area contributed by atoms with Gasteiger partial charge in [-0.3, -0.25) is 4.79 Å². The van der Waals surface area contributed by atoms with Crippen LogP contribution in [0.25, 0.3) is 5.76 Å². The first-order valence-corrected chi connectivity index (χ1v) is 6.16. The molecular weight excluding hydrogens is 336 g/mol. The number of ketones is 1.